The minimum atomic E-state index is -5.83. The summed E-state index contributed by atoms with van der Waals surface area (Å²) in [5.41, 5.74) is 17.9. The van der Waals surface area contributed by atoms with Crippen LogP contribution in [-0.2, 0) is 29.7 Å². The van der Waals surface area contributed by atoms with E-state index in [9.17, 15) is 0 Å². The third kappa shape index (κ3) is 7.38. The zero-order chi connectivity index (χ0) is 44.2. The number of allylic oxidation sites excluding steroid dienone is 2. The Balaban J connectivity index is 1.59. The Morgan fingerprint density at radius 1 is 0.500 bits per heavy atom. The summed E-state index contributed by atoms with van der Waals surface area (Å²) in [5.74, 6) is -0.112. The molecule has 0 saturated heterocycles. The Morgan fingerprint density at radius 2 is 0.887 bits per heavy atom. The Labute approximate surface area is 376 Å². The maximum absolute atomic E-state index is 8.87. The Hall–Kier alpha value is -4.50. The van der Waals surface area contributed by atoms with Crippen LogP contribution in [-0.4, -0.2) is 5.92 Å². The van der Waals surface area contributed by atoms with Crippen molar-refractivity contribution < 1.29 is 24.4 Å². The zero-order valence-electron chi connectivity index (χ0n) is 39.3. The first kappa shape index (κ1) is 44.1. The van der Waals surface area contributed by atoms with Crippen molar-refractivity contribution in [3.63, 3.8) is 0 Å². The van der Waals surface area contributed by atoms with E-state index in [-0.39, 0.29) is 18.1 Å². The summed E-state index contributed by atoms with van der Waals surface area (Å²) in [6.07, 6.45) is 6.93. The maximum atomic E-state index is 8.87. The van der Waals surface area contributed by atoms with Crippen LogP contribution in [0.1, 0.15) is 120 Å². The van der Waals surface area contributed by atoms with Gasteiger partial charge in [-0.25, -0.2) is 0 Å². The van der Waals surface area contributed by atoms with Crippen LogP contribution >= 0.6 is 0 Å². The van der Waals surface area contributed by atoms with Gasteiger partial charge in [0.1, 0.15) is 0 Å². The number of rotatable bonds is 11. The van der Waals surface area contributed by atoms with E-state index < -0.39 is 24.7 Å². The molecule has 0 aromatic heterocycles. The van der Waals surface area contributed by atoms with Gasteiger partial charge in [-0.2, -0.15) is 0 Å². The SMILES string of the molecule is CCC1=Cc2c(-c3ccccc3)cccc2[CH]1[Zr]([O]c1ccc(C)cc1C(C)(C)C)([O]c1ccc(C)cc1C(C)(C)C)([CH]1C(CC)=Cc2c(-c3ccccc3)cccc21)[SiH](C)C. The van der Waals surface area contributed by atoms with Gasteiger partial charge in [-0.15, -0.1) is 0 Å². The first-order valence-corrected chi connectivity index (χ1v) is 35.0. The molecule has 0 heterocycles. The normalized spacial score (nSPS) is 16.9. The fourth-order valence-electron chi connectivity index (χ4n) is 11.1. The third-order valence-corrected chi connectivity index (χ3v) is 50.7. The van der Waals surface area contributed by atoms with Gasteiger partial charge in [-0.05, 0) is 0 Å². The van der Waals surface area contributed by atoms with Crippen LogP contribution < -0.4 is 5.63 Å². The number of hydrogen-bond acceptors (Lipinski definition) is 2. The van der Waals surface area contributed by atoms with E-state index >= 15 is 0 Å². The fraction of sp³-hybridized carbons (Fsp3) is 0.310. The van der Waals surface area contributed by atoms with Gasteiger partial charge in [-0.3, -0.25) is 0 Å². The van der Waals surface area contributed by atoms with Crippen LogP contribution in [0.2, 0.25) is 13.1 Å². The Morgan fingerprint density at radius 3 is 1.23 bits per heavy atom. The van der Waals surface area contributed by atoms with E-state index in [0.29, 0.717) is 0 Å². The minimum absolute atomic E-state index is 0.0405. The number of fused-ring (bicyclic) bond motifs is 2. The van der Waals surface area contributed by atoms with E-state index in [1.807, 2.05) is 0 Å². The summed E-state index contributed by atoms with van der Waals surface area (Å²) < 4.78 is 17.7. The molecule has 2 aliphatic carbocycles. The van der Waals surface area contributed by atoms with Crippen molar-refractivity contribution in [2.45, 2.75) is 113 Å². The summed E-state index contributed by atoms with van der Waals surface area (Å²) in [6, 6.07) is 50.0. The van der Waals surface area contributed by atoms with Gasteiger partial charge < -0.3 is 0 Å². The molecule has 0 bridgehead atoms. The zero-order valence-corrected chi connectivity index (χ0v) is 42.9. The second-order valence-corrected chi connectivity index (χ2v) is 48.3. The van der Waals surface area contributed by atoms with Gasteiger partial charge in [0.15, 0.2) is 0 Å². The van der Waals surface area contributed by atoms with Crippen molar-refractivity contribution in [2.24, 2.45) is 0 Å². The Kier molecular flexibility index (Phi) is 11.8. The molecule has 6 aromatic carbocycles. The molecule has 0 fully saturated rings. The average molecular weight is 915 g/mol. The molecule has 8 rings (SSSR count). The molecule has 2 nitrogen and oxygen atoms in total. The molecule has 319 valence electrons. The first-order chi connectivity index (χ1) is 29.5. The predicted octanol–water partition coefficient (Wildman–Crippen LogP) is 16.3. The van der Waals surface area contributed by atoms with Crippen LogP contribution in [0.25, 0.3) is 34.4 Å². The van der Waals surface area contributed by atoms with Crippen molar-refractivity contribution in [2.75, 3.05) is 0 Å². The summed E-state index contributed by atoms with van der Waals surface area (Å²) in [6.45, 7) is 28.4. The molecule has 0 spiro atoms. The molecule has 2 aliphatic rings. The van der Waals surface area contributed by atoms with Crippen LogP contribution in [0.3, 0.4) is 0 Å². The average Bonchev–Trinajstić information content (AvgIpc) is 3.84. The number of aryl methyl sites for hydroxylation is 2. The third-order valence-electron chi connectivity index (χ3n) is 14.1. The molecule has 0 amide bonds. The van der Waals surface area contributed by atoms with Crippen LogP contribution in [0.4, 0.5) is 0 Å². The van der Waals surface area contributed by atoms with Gasteiger partial charge in [-0.1, -0.05) is 0 Å². The van der Waals surface area contributed by atoms with Crippen LogP contribution in [0, 0.1) is 13.8 Å². The topological polar surface area (TPSA) is 18.5 Å². The second kappa shape index (κ2) is 16.6. The summed E-state index contributed by atoms with van der Waals surface area (Å²) in [5, 5.41) is 0. The molecule has 4 heteroatoms. The van der Waals surface area contributed by atoms with Crippen molar-refractivity contribution in [3.05, 3.63) is 189 Å². The molecule has 6 aromatic rings. The first-order valence-electron chi connectivity index (χ1n) is 23.1. The molecule has 0 aliphatic heterocycles. The number of hydrogen-bond donors (Lipinski definition) is 0. The fourth-order valence-corrected chi connectivity index (χ4v) is 46.9. The van der Waals surface area contributed by atoms with Gasteiger partial charge >= 0.3 is 379 Å². The molecule has 2 unspecified atom stereocenters. The van der Waals surface area contributed by atoms with Crippen molar-refractivity contribution >= 4 is 18.1 Å². The van der Waals surface area contributed by atoms with Crippen molar-refractivity contribution in [1.82, 2.24) is 0 Å². The summed E-state index contributed by atoms with van der Waals surface area (Å²) in [4.78, 5) is 0. The van der Waals surface area contributed by atoms with E-state index in [2.05, 4.69) is 228 Å². The van der Waals surface area contributed by atoms with Gasteiger partial charge in [0.25, 0.3) is 0 Å². The molecule has 0 radical (unpaired) electrons. The predicted molar refractivity (Wildman–Crippen MR) is 266 cm³/mol. The summed E-state index contributed by atoms with van der Waals surface area (Å²) >= 11 is -5.83. The second-order valence-electron chi connectivity index (χ2n) is 20.5. The molecule has 0 N–H and O–H groups in total. The van der Waals surface area contributed by atoms with Gasteiger partial charge in [0, 0.05) is 0 Å². The molecule has 2 atom stereocenters. The Bertz CT molecular complexity index is 2510. The van der Waals surface area contributed by atoms with Crippen LogP contribution in [0.5, 0.6) is 11.5 Å². The van der Waals surface area contributed by atoms with Gasteiger partial charge in [0.2, 0.25) is 0 Å². The van der Waals surface area contributed by atoms with E-state index in [1.54, 1.807) is 0 Å². The van der Waals surface area contributed by atoms with Crippen LogP contribution in [0.15, 0.2) is 145 Å². The van der Waals surface area contributed by atoms with E-state index in [4.69, 9.17) is 5.63 Å². The molecular formula is C58H67O2SiZr. The van der Waals surface area contributed by atoms with E-state index in [0.717, 1.165) is 24.3 Å². The van der Waals surface area contributed by atoms with Crippen molar-refractivity contribution in [1.29, 1.82) is 0 Å². The standard InChI is InChI=1S/2C17H15.2C11H16O.C2H7Si.Zr/c2*1-2-13-11-15-9-6-10-16(17(15)12-13)14-7-4-3-5-8-14;2*1-8-5-6-10(12)9(7-8)11(2,3)4;1-3-2;/h2*3-12H,2H2,1H3;2*5-7,12H,1-4H3;3H,1-2H3;/q;;;;;+2/p-2. The molecule has 62 heavy (non-hydrogen) atoms. The molecular weight excluding hydrogens is 848 g/mol. The summed E-state index contributed by atoms with van der Waals surface area (Å²) in [7, 11) is 0. The van der Waals surface area contributed by atoms with E-state index in [1.165, 1.54) is 77.9 Å². The van der Waals surface area contributed by atoms with Crippen molar-refractivity contribution in [3.8, 4) is 33.8 Å². The quantitative estimate of drug-likeness (QED) is 0.121. The monoisotopic (exact) mass is 913 g/mol. The van der Waals surface area contributed by atoms with Gasteiger partial charge in [0.05, 0.1) is 0 Å². The number of benzene rings is 6. The molecule has 0 saturated carbocycles.